The first kappa shape index (κ1) is 17.9. The van der Waals surface area contributed by atoms with Crippen LogP contribution in [0, 0.1) is 11.3 Å². The predicted octanol–water partition coefficient (Wildman–Crippen LogP) is 3.74. The molecule has 1 heterocycles. The van der Waals surface area contributed by atoms with E-state index in [2.05, 4.69) is 26.9 Å². The van der Waals surface area contributed by atoms with Gasteiger partial charge in [0.25, 0.3) is 5.91 Å². The Bertz CT molecular complexity index is 980. The Morgan fingerprint density at radius 2 is 1.96 bits per heavy atom. The summed E-state index contributed by atoms with van der Waals surface area (Å²) in [6.07, 6.45) is 0. The molecule has 0 saturated heterocycles. The number of rotatable bonds is 6. The van der Waals surface area contributed by atoms with E-state index in [-0.39, 0.29) is 11.6 Å². The molecule has 0 aliphatic rings. The molecular formula is C20H17N5O2. The molecule has 0 unspecified atom stereocenters. The number of aromatic nitrogens is 2. The van der Waals surface area contributed by atoms with Crippen molar-refractivity contribution < 1.29 is 9.53 Å². The molecule has 7 nitrogen and oxygen atoms in total. The Morgan fingerprint density at radius 3 is 2.70 bits per heavy atom. The summed E-state index contributed by atoms with van der Waals surface area (Å²) in [5, 5.41) is 22.7. The zero-order chi connectivity index (χ0) is 19.1. The van der Waals surface area contributed by atoms with E-state index in [1.807, 2.05) is 25.1 Å². The first-order valence-corrected chi connectivity index (χ1v) is 8.33. The van der Waals surface area contributed by atoms with Gasteiger partial charge in [0.05, 0.1) is 23.9 Å². The zero-order valence-corrected chi connectivity index (χ0v) is 14.6. The number of hydrogen-bond acceptors (Lipinski definition) is 6. The van der Waals surface area contributed by atoms with Crippen LogP contribution < -0.4 is 15.4 Å². The lowest BCUT2D eigenvalue weighted by Crippen LogP contribution is -2.15. The number of nitrogens with zero attached hydrogens (tertiary/aromatic N) is 3. The fraction of sp³-hybridized carbons (Fsp3) is 0.100. The SMILES string of the molecule is CCOc1ccccc1NC(=O)c1ccc(Nc2cccc(C#N)c2)nn1. The zero-order valence-electron chi connectivity index (χ0n) is 14.6. The minimum absolute atomic E-state index is 0.178. The number of benzene rings is 2. The van der Waals surface area contributed by atoms with Crippen molar-refractivity contribution in [2.75, 3.05) is 17.2 Å². The Labute approximate surface area is 156 Å². The average Bonchev–Trinajstić information content (AvgIpc) is 2.70. The van der Waals surface area contributed by atoms with Gasteiger partial charge >= 0.3 is 0 Å². The van der Waals surface area contributed by atoms with Gasteiger partial charge in [0.2, 0.25) is 0 Å². The first-order valence-electron chi connectivity index (χ1n) is 8.33. The van der Waals surface area contributed by atoms with E-state index in [1.165, 1.54) is 0 Å². The molecule has 2 N–H and O–H groups in total. The van der Waals surface area contributed by atoms with Crippen molar-refractivity contribution in [1.29, 1.82) is 5.26 Å². The fourth-order valence-corrected chi connectivity index (χ4v) is 2.37. The summed E-state index contributed by atoms with van der Waals surface area (Å²) >= 11 is 0. The van der Waals surface area contributed by atoms with Crippen LogP contribution in [-0.4, -0.2) is 22.7 Å². The number of nitrogens with one attached hydrogen (secondary N) is 2. The van der Waals surface area contributed by atoms with Crippen LogP contribution in [-0.2, 0) is 0 Å². The molecule has 27 heavy (non-hydrogen) atoms. The molecule has 1 aromatic heterocycles. The molecule has 0 bridgehead atoms. The molecule has 0 radical (unpaired) electrons. The van der Waals surface area contributed by atoms with Crippen LogP contribution in [0.15, 0.2) is 60.7 Å². The van der Waals surface area contributed by atoms with Crippen LogP contribution in [0.2, 0.25) is 0 Å². The van der Waals surface area contributed by atoms with E-state index < -0.39 is 0 Å². The normalized spacial score (nSPS) is 9.93. The third-order valence-electron chi connectivity index (χ3n) is 3.60. The maximum atomic E-state index is 12.4. The predicted molar refractivity (Wildman–Crippen MR) is 102 cm³/mol. The molecule has 1 amide bonds. The Kier molecular flexibility index (Phi) is 5.60. The second kappa shape index (κ2) is 8.45. The highest BCUT2D eigenvalue weighted by Gasteiger charge is 2.11. The van der Waals surface area contributed by atoms with Crippen LogP contribution in [0.4, 0.5) is 17.2 Å². The highest BCUT2D eigenvalue weighted by Crippen LogP contribution is 2.24. The number of carbonyl (C=O) groups is 1. The van der Waals surface area contributed by atoms with Gasteiger partial charge in [-0.15, -0.1) is 10.2 Å². The van der Waals surface area contributed by atoms with Gasteiger partial charge in [-0.05, 0) is 49.4 Å². The van der Waals surface area contributed by atoms with Gasteiger partial charge in [-0.2, -0.15) is 5.26 Å². The standard InChI is InChI=1S/C20H17N5O2/c1-2-27-18-9-4-3-8-16(18)23-20(26)17-10-11-19(25-24-17)22-15-7-5-6-14(12-15)13-21/h3-12H,2H2,1H3,(H,22,25)(H,23,26). The summed E-state index contributed by atoms with van der Waals surface area (Å²) in [5.41, 5.74) is 2.00. The molecule has 0 atom stereocenters. The van der Waals surface area contributed by atoms with Gasteiger partial charge in [-0.25, -0.2) is 0 Å². The first-order chi connectivity index (χ1) is 13.2. The van der Waals surface area contributed by atoms with Gasteiger partial charge in [0, 0.05) is 5.69 Å². The summed E-state index contributed by atoms with van der Waals surface area (Å²) in [4.78, 5) is 12.4. The molecule has 0 saturated carbocycles. The monoisotopic (exact) mass is 359 g/mol. The number of nitriles is 1. The molecule has 0 aliphatic heterocycles. The molecule has 3 aromatic rings. The van der Waals surface area contributed by atoms with E-state index in [0.29, 0.717) is 35.1 Å². The van der Waals surface area contributed by atoms with Crippen molar-refractivity contribution in [3.63, 3.8) is 0 Å². The third kappa shape index (κ3) is 4.58. The highest BCUT2D eigenvalue weighted by molar-refractivity contribution is 6.03. The number of carbonyl (C=O) groups excluding carboxylic acids is 1. The van der Waals surface area contributed by atoms with E-state index in [4.69, 9.17) is 10.00 Å². The van der Waals surface area contributed by atoms with Crippen LogP contribution in [0.5, 0.6) is 5.75 Å². The molecule has 0 fully saturated rings. The fourth-order valence-electron chi connectivity index (χ4n) is 2.37. The topological polar surface area (TPSA) is 99.9 Å². The molecule has 0 aliphatic carbocycles. The molecule has 0 spiro atoms. The van der Waals surface area contributed by atoms with Crippen molar-refractivity contribution in [3.8, 4) is 11.8 Å². The van der Waals surface area contributed by atoms with Crippen molar-refractivity contribution in [2.45, 2.75) is 6.92 Å². The second-order valence-corrected chi connectivity index (χ2v) is 5.50. The van der Waals surface area contributed by atoms with Gasteiger partial charge in [-0.3, -0.25) is 4.79 Å². The van der Waals surface area contributed by atoms with E-state index in [0.717, 1.165) is 0 Å². The third-order valence-corrected chi connectivity index (χ3v) is 3.60. The summed E-state index contributed by atoms with van der Waals surface area (Å²) in [5.74, 6) is 0.681. The largest absolute Gasteiger partial charge is 0.492 e. The Morgan fingerprint density at radius 1 is 1.11 bits per heavy atom. The number of ether oxygens (including phenoxy) is 1. The minimum atomic E-state index is -0.382. The van der Waals surface area contributed by atoms with Crippen molar-refractivity contribution >= 4 is 23.1 Å². The van der Waals surface area contributed by atoms with Crippen LogP contribution in [0.1, 0.15) is 23.0 Å². The van der Waals surface area contributed by atoms with Crippen molar-refractivity contribution in [2.24, 2.45) is 0 Å². The minimum Gasteiger partial charge on any atom is -0.492 e. The lowest BCUT2D eigenvalue weighted by molar-refractivity contribution is 0.102. The van der Waals surface area contributed by atoms with E-state index >= 15 is 0 Å². The summed E-state index contributed by atoms with van der Waals surface area (Å²) in [6, 6.07) is 19.5. The second-order valence-electron chi connectivity index (χ2n) is 5.50. The van der Waals surface area contributed by atoms with Crippen LogP contribution in [0.3, 0.4) is 0 Å². The van der Waals surface area contributed by atoms with Crippen LogP contribution >= 0.6 is 0 Å². The smallest absolute Gasteiger partial charge is 0.276 e. The van der Waals surface area contributed by atoms with E-state index in [1.54, 1.807) is 42.5 Å². The lowest BCUT2D eigenvalue weighted by Gasteiger charge is -2.11. The lowest BCUT2D eigenvalue weighted by atomic mass is 10.2. The molecule has 3 rings (SSSR count). The Balaban J connectivity index is 1.70. The van der Waals surface area contributed by atoms with Gasteiger partial charge in [0.15, 0.2) is 11.5 Å². The summed E-state index contributed by atoms with van der Waals surface area (Å²) in [6.45, 7) is 2.38. The van der Waals surface area contributed by atoms with Crippen molar-refractivity contribution in [1.82, 2.24) is 10.2 Å². The van der Waals surface area contributed by atoms with Gasteiger partial charge in [-0.1, -0.05) is 18.2 Å². The van der Waals surface area contributed by atoms with Gasteiger partial charge < -0.3 is 15.4 Å². The Hall–Kier alpha value is -3.92. The van der Waals surface area contributed by atoms with Crippen molar-refractivity contribution in [3.05, 3.63) is 71.9 Å². The quantitative estimate of drug-likeness (QED) is 0.695. The van der Waals surface area contributed by atoms with E-state index in [9.17, 15) is 4.79 Å². The number of amides is 1. The van der Waals surface area contributed by atoms with Gasteiger partial charge in [0.1, 0.15) is 5.75 Å². The molecular weight excluding hydrogens is 342 g/mol. The number of para-hydroxylation sites is 2. The molecule has 134 valence electrons. The molecule has 7 heteroatoms. The summed E-state index contributed by atoms with van der Waals surface area (Å²) in [7, 11) is 0. The number of hydrogen-bond donors (Lipinski definition) is 2. The maximum absolute atomic E-state index is 12.4. The number of anilines is 3. The summed E-state index contributed by atoms with van der Waals surface area (Å²) < 4.78 is 5.49. The average molecular weight is 359 g/mol. The molecule has 2 aromatic carbocycles. The van der Waals surface area contributed by atoms with Crippen LogP contribution in [0.25, 0.3) is 0 Å². The highest BCUT2D eigenvalue weighted by atomic mass is 16.5. The maximum Gasteiger partial charge on any atom is 0.276 e.